The fraction of sp³-hybridized carbons (Fsp3) is 1.00. The van der Waals surface area contributed by atoms with Gasteiger partial charge >= 0.3 is 0 Å². The Labute approximate surface area is 99.9 Å². The molecule has 0 saturated heterocycles. The third kappa shape index (κ3) is 5.30. The standard InChI is InChI=1S/C12H25NO2S/c1-10(2)16(14,15)9-7-11(3)6-8-13-12-4-5-12/h10-13H,4-9H2,1-3H3. The number of rotatable bonds is 8. The number of hydrogen-bond donors (Lipinski definition) is 1. The van der Waals surface area contributed by atoms with Crippen LogP contribution in [0.4, 0.5) is 0 Å². The van der Waals surface area contributed by atoms with Crippen molar-refractivity contribution in [2.75, 3.05) is 12.3 Å². The van der Waals surface area contributed by atoms with Gasteiger partial charge in [-0.15, -0.1) is 0 Å². The van der Waals surface area contributed by atoms with Crippen LogP contribution in [-0.4, -0.2) is 32.0 Å². The summed E-state index contributed by atoms with van der Waals surface area (Å²) < 4.78 is 23.2. The molecule has 1 aliphatic rings. The third-order valence-electron chi connectivity index (χ3n) is 3.26. The zero-order valence-electron chi connectivity index (χ0n) is 10.7. The first-order valence-corrected chi connectivity index (χ1v) is 8.08. The van der Waals surface area contributed by atoms with E-state index in [1.54, 1.807) is 13.8 Å². The Morgan fingerprint density at radius 2 is 1.81 bits per heavy atom. The molecule has 1 unspecified atom stereocenters. The lowest BCUT2D eigenvalue weighted by Crippen LogP contribution is -2.22. The predicted octanol–water partition coefficient (Wildman–Crippen LogP) is 1.98. The van der Waals surface area contributed by atoms with Gasteiger partial charge in [0.25, 0.3) is 0 Å². The molecule has 16 heavy (non-hydrogen) atoms. The number of sulfone groups is 1. The van der Waals surface area contributed by atoms with E-state index in [1.165, 1.54) is 12.8 Å². The van der Waals surface area contributed by atoms with E-state index >= 15 is 0 Å². The Bertz CT molecular complexity index is 294. The van der Waals surface area contributed by atoms with E-state index in [2.05, 4.69) is 12.2 Å². The van der Waals surface area contributed by atoms with Crippen LogP contribution in [0, 0.1) is 5.92 Å². The highest BCUT2D eigenvalue weighted by Crippen LogP contribution is 2.19. The lowest BCUT2D eigenvalue weighted by molar-refractivity contribution is 0.483. The Kier molecular flexibility index (Phi) is 5.25. The molecular formula is C12H25NO2S. The van der Waals surface area contributed by atoms with Crippen molar-refractivity contribution in [1.82, 2.24) is 5.32 Å². The van der Waals surface area contributed by atoms with Gasteiger partial charge in [-0.2, -0.15) is 0 Å². The zero-order valence-corrected chi connectivity index (χ0v) is 11.5. The molecule has 0 aromatic carbocycles. The van der Waals surface area contributed by atoms with Crippen LogP contribution in [0.3, 0.4) is 0 Å². The van der Waals surface area contributed by atoms with Crippen LogP contribution < -0.4 is 5.32 Å². The van der Waals surface area contributed by atoms with Crippen molar-refractivity contribution in [2.45, 2.75) is 57.7 Å². The van der Waals surface area contributed by atoms with E-state index < -0.39 is 9.84 Å². The van der Waals surface area contributed by atoms with Gasteiger partial charge in [0.1, 0.15) is 0 Å². The smallest absolute Gasteiger partial charge is 0.152 e. The van der Waals surface area contributed by atoms with E-state index in [-0.39, 0.29) is 5.25 Å². The Balaban J connectivity index is 2.10. The van der Waals surface area contributed by atoms with E-state index in [0.29, 0.717) is 11.7 Å². The second kappa shape index (κ2) is 6.01. The molecule has 96 valence electrons. The summed E-state index contributed by atoms with van der Waals surface area (Å²) in [7, 11) is -2.84. The van der Waals surface area contributed by atoms with Crippen molar-refractivity contribution in [2.24, 2.45) is 5.92 Å². The van der Waals surface area contributed by atoms with E-state index in [1.807, 2.05) is 0 Å². The Morgan fingerprint density at radius 3 is 2.31 bits per heavy atom. The molecule has 0 aromatic heterocycles. The lowest BCUT2D eigenvalue weighted by atomic mass is 10.1. The van der Waals surface area contributed by atoms with E-state index in [4.69, 9.17) is 0 Å². The minimum absolute atomic E-state index is 0.232. The molecule has 0 bridgehead atoms. The summed E-state index contributed by atoms with van der Waals surface area (Å²) in [5, 5.41) is 3.23. The maximum absolute atomic E-state index is 11.6. The first kappa shape index (κ1) is 14.0. The summed E-state index contributed by atoms with van der Waals surface area (Å²) in [4.78, 5) is 0. The SMILES string of the molecule is CC(CCNC1CC1)CCS(=O)(=O)C(C)C. The van der Waals surface area contributed by atoms with Gasteiger partial charge in [-0.3, -0.25) is 0 Å². The van der Waals surface area contributed by atoms with Gasteiger partial charge in [-0.05, 0) is 52.0 Å². The first-order valence-electron chi connectivity index (χ1n) is 6.36. The molecule has 1 N–H and O–H groups in total. The molecule has 1 atom stereocenters. The van der Waals surface area contributed by atoms with Gasteiger partial charge in [-0.1, -0.05) is 6.92 Å². The minimum Gasteiger partial charge on any atom is -0.314 e. The average molecular weight is 247 g/mol. The van der Waals surface area contributed by atoms with Crippen molar-refractivity contribution < 1.29 is 8.42 Å². The molecule has 1 aliphatic carbocycles. The maximum Gasteiger partial charge on any atom is 0.152 e. The van der Waals surface area contributed by atoms with Crippen molar-refractivity contribution >= 4 is 9.84 Å². The minimum atomic E-state index is -2.84. The van der Waals surface area contributed by atoms with Crippen LogP contribution in [0.15, 0.2) is 0 Å². The van der Waals surface area contributed by atoms with Crippen LogP contribution in [0.2, 0.25) is 0 Å². The fourth-order valence-electron chi connectivity index (χ4n) is 1.57. The number of hydrogen-bond acceptors (Lipinski definition) is 3. The topological polar surface area (TPSA) is 46.2 Å². The fourth-order valence-corrected chi connectivity index (χ4v) is 2.77. The van der Waals surface area contributed by atoms with E-state index in [0.717, 1.165) is 25.4 Å². The first-order chi connectivity index (χ1) is 7.42. The normalized spacial score (nSPS) is 19.0. The highest BCUT2D eigenvalue weighted by molar-refractivity contribution is 7.91. The summed E-state index contributed by atoms with van der Waals surface area (Å²) in [6.07, 6.45) is 4.52. The van der Waals surface area contributed by atoms with Gasteiger partial charge in [-0.25, -0.2) is 8.42 Å². The summed E-state index contributed by atoms with van der Waals surface area (Å²) in [6.45, 7) is 6.70. The molecule has 4 heteroatoms. The van der Waals surface area contributed by atoms with E-state index in [9.17, 15) is 8.42 Å². The number of nitrogens with one attached hydrogen (secondary N) is 1. The van der Waals surface area contributed by atoms with Gasteiger partial charge < -0.3 is 5.32 Å². The molecular weight excluding hydrogens is 222 g/mol. The van der Waals surface area contributed by atoms with Crippen LogP contribution in [0.25, 0.3) is 0 Å². The second-order valence-electron chi connectivity index (χ2n) is 5.33. The molecule has 0 amide bonds. The third-order valence-corrected chi connectivity index (χ3v) is 5.50. The average Bonchev–Trinajstić information content (AvgIpc) is 2.98. The van der Waals surface area contributed by atoms with Crippen LogP contribution in [-0.2, 0) is 9.84 Å². The molecule has 0 spiro atoms. The van der Waals surface area contributed by atoms with Crippen LogP contribution >= 0.6 is 0 Å². The van der Waals surface area contributed by atoms with Crippen LogP contribution in [0.1, 0.15) is 46.5 Å². The van der Waals surface area contributed by atoms with Gasteiger partial charge in [0.2, 0.25) is 0 Å². The Hall–Kier alpha value is -0.0900. The largest absolute Gasteiger partial charge is 0.314 e. The molecule has 0 radical (unpaired) electrons. The van der Waals surface area contributed by atoms with Gasteiger partial charge in [0.05, 0.1) is 11.0 Å². The highest BCUT2D eigenvalue weighted by Gasteiger charge is 2.20. The van der Waals surface area contributed by atoms with Crippen molar-refractivity contribution in [1.29, 1.82) is 0 Å². The molecule has 0 aliphatic heterocycles. The zero-order chi connectivity index (χ0) is 12.2. The summed E-state index contributed by atoms with van der Waals surface area (Å²) in [5.41, 5.74) is 0. The second-order valence-corrected chi connectivity index (χ2v) is 8.00. The monoisotopic (exact) mass is 247 g/mol. The molecule has 1 fully saturated rings. The highest BCUT2D eigenvalue weighted by atomic mass is 32.2. The summed E-state index contributed by atoms with van der Waals surface area (Å²) in [6, 6.07) is 0.756. The van der Waals surface area contributed by atoms with Crippen molar-refractivity contribution in [3.8, 4) is 0 Å². The summed E-state index contributed by atoms with van der Waals surface area (Å²) in [5.74, 6) is 0.842. The van der Waals surface area contributed by atoms with Crippen molar-refractivity contribution in [3.63, 3.8) is 0 Å². The molecule has 1 rings (SSSR count). The summed E-state index contributed by atoms with van der Waals surface area (Å²) >= 11 is 0. The predicted molar refractivity (Wildman–Crippen MR) is 68.3 cm³/mol. The lowest BCUT2D eigenvalue weighted by Gasteiger charge is -2.13. The van der Waals surface area contributed by atoms with Gasteiger partial charge in [0.15, 0.2) is 9.84 Å². The molecule has 3 nitrogen and oxygen atoms in total. The molecule has 0 aromatic rings. The van der Waals surface area contributed by atoms with Crippen LogP contribution in [0.5, 0.6) is 0 Å². The van der Waals surface area contributed by atoms with Gasteiger partial charge in [0, 0.05) is 6.04 Å². The quantitative estimate of drug-likeness (QED) is 0.713. The van der Waals surface area contributed by atoms with Crippen molar-refractivity contribution in [3.05, 3.63) is 0 Å². The molecule has 1 saturated carbocycles. The molecule has 0 heterocycles. The maximum atomic E-state index is 11.6. The Morgan fingerprint density at radius 1 is 1.19 bits per heavy atom.